The van der Waals surface area contributed by atoms with Crippen LogP contribution in [0.5, 0.6) is 0 Å². The van der Waals surface area contributed by atoms with E-state index in [4.69, 9.17) is 0 Å². The Kier molecular flexibility index (Phi) is 2.49. The summed E-state index contributed by atoms with van der Waals surface area (Å²) in [5.74, 6) is 0. The number of fused-ring (bicyclic) bond motifs is 1. The standard InChI is InChI=1S/C9H7N.H2S/c1-2-6-9-8(4-1)5-3-7-10-9;/h1-7H;1H2. The van der Waals surface area contributed by atoms with Gasteiger partial charge in [0.25, 0.3) is 0 Å². The van der Waals surface area contributed by atoms with Crippen LogP contribution in [-0.2, 0) is 0 Å². The topological polar surface area (TPSA) is 12.9 Å². The minimum Gasteiger partial charge on any atom is -0.256 e. The molecule has 56 valence electrons. The largest absolute Gasteiger partial charge is 0.256 e. The van der Waals surface area contributed by atoms with Crippen LogP contribution in [0.15, 0.2) is 42.6 Å². The van der Waals surface area contributed by atoms with Crippen molar-refractivity contribution in [1.29, 1.82) is 0 Å². The zero-order valence-corrected chi connectivity index (χ0v) is 6.99. The van der Waals surface area contributed by atoms with E-state index in [1.807, 2.05) is 30.5 Å². The van der Waals surface area contributed by atoms with E-state index in [2.05, 4.69) is 17.1 Å². The third kappa shape index (κ3) is 1.52. The predicted octanol–water partition coefficient (Wildman–Crippen LogP) is 2.35. The lowest BCUT2D eigenvalue weighted by molar-refractivity contribution is 1.41. The number of pyridine rings is 1. The van der Waals surface area contributed by atoms with Crippen LogP contribution in [0, 0.1) is 0 Å². The molecule has 1 aromatic carbocycles. The maximum Gasteiger partial charge on any atom is 0.0701 e. The van der Waals surface area contributed by atoms with E-state index in [0.717, 1.165) is 5.52 Å². The molecule has 0 N–H and O–H groups in total. The first kappa shape index (κ1) is 8.08. The summed E-state index contributed by atoms with van der Waals surface area (Å²) in [7, 11) is 0. The van der Waals surface area contributed by atoms with Gasteiger partial charge in [0, 0.05) is 11.6 Å². The third-order valence-electron chi connectivity index (χ3n) is 1.51. The van der Waals surface area contributed by atoms with Gasteiger partial charge in [-0.25, -0.2) is 0 Å². The monoisotopic (exact) mass is 163 g/mol. The Morgan fingerprint density at radius 3 is 2.45 bits per heavy atom. The van der Waals surface area contributed by atoms with Crippen LogP contribution >= 0.6 is 13.5 Å². The molecule has 0 unspecified atom stereocenters. The first-order valence-electron chi connectivity index (χ1n) is 3.26. The quantitative estimate of drug-likeness (QED) is 0.581. The van der Waals surface area contributed by atoms with E-state index in [1.54, 1.807) is 0 Å². The second-order valence-corrected chi connectivity index (χ2v) is 2.20. The second-order valence-electron chi connectivity index (χ2n) is 2.20. The van der Waals surface area contributed by atoms with Crippen molar-refractivity contribution < 1.29 is 0 Å². The van der Waals surface area contributed by atoms with Gasteiger partial charge < -0.3 is 0 Å². The van der Waals surface area contributed by atoms with Crippen molar-refractivity contribution in [2.75, 3.05) is 0 Å². The second kappa shape index (κ2) is 3.39. The zero-order valence-electron chi connectivity index (χ0n) is 5.99. The van der Waals surface area contributed by atoms with Gasteiger partial charge in [0.15, 0.2) is 0 Å². The van der Waals surface area contributed by atoms with Crippen molar-refractivity contribution in [3.05, 3.63) is 42.6 Å². The fourth-order valence-electron chi connectivity index (χ4n) is 1.02. The van der Waals surface area contributed by atoms with E-state index < -0.39 is 0 Å². The summed E-state index contributed by atoms with van der Waals surface area (Å²) in [6.45, 7) is 0. The molecule has 0 saturated carbocycles. The molecule has 11 heavy (non-hydrogen) atoms. The maximum atomic E-state index is 4.18. The van der Waals surface area contributed by atoms with Crippen LogP contribution in [0.3, 0.4) is 0 Å². The molecular weight excluding hydrogens is 154 g/mol. The van der Waals surface area contributed by atoms with E-state index in [9.17, 15) is 0 Å². The van der Waals surface area contributed by atoms with Crippen LogP contribution in [-0.4, -0.2) is 4.98 Å². The van der Waals surface area contributed by atoms with Crippen molar-refractivity contribution in [2.24, 2.45) is 0 Å². The van der Waals surface area contributed by atoms with Gasteiger partial charge in [0.2, 0.25) is 0 Å². The average Bonchev–Trinajstić information content (AvgIpc) is 2.05. The lowest BCUT2D eigenvalue weighted by Crippen LogP contribution is -1.73. The summed E-state index contributed by atoms with van der Waals surface area (Å²) in [4.78, 5) is 4.18. The lowest BCUT2D eigenvalue weighted by Gasteiger charge is -1.91. The Hall–Kier alpha value is -1.02. The van der Waals surface area contributed by atoms with E-state index >= 15 is 0 Å². The molecule has 0 bridgehead atoms. The Morgan fingerprint density at radius 1 is 0.909 bits per heavy atom. The lowest BCUT2D eigenvalue weighted by atomic mass is 10.2. The molecule has 1 aromatic heterocycles. The zero-order chi connectivity index (χ0) is 6.81. The van der Waals surface area contributed by atoms with Crippen molar-refractivity contribution in [1.82, 2.24) is 4.98 Å². The first-order valence-corrected chi connectivity index (χ1v) is 3.26. The summed E-state index contributed by atoms with van der Waals surface area (Å²) in [5, 5.41) is 1.20. The van der Waals surface area contributed by atoms with E-state index in [1.165, 1.54) is 5.39 Å². The minimum atomic E-state index is 0. The van der Waals surface area contributed by atoms with Gasteiger partial charge in [-0.3, -0.25) is 4.98 Å². The fourth-order valence-corrected chi connectivity index (χ4v) is 1.02. The number of nitrogens with zero attached hydrogens (tertiary/aromatic N) is 1. The molecule has 0 spiro atoms. The Bertz CT molecular complexity index is 281. The van der Waals surface area contributed by atoms with Crippen molar-refractivity contribution in [2.45, 2.75) is 0 Å². The first-order chi connectivity index (χ1) is 4.97. The molecule has 1 nitrogen and oxygen atoms in total. The average molecular weight is 163 g/mol. The number of aromatic nitrogens is 1. The number of benzene rings is 1. The highest BCUT2D eigenvalue weighted by Crippen LogP contribution is 2.07. The van der Waals surface area contributed by atoms with Crippen molar-refractivity contribution >= 4 is 24.4 Å². The highest BCUT2D eigenvalue weighted by atomic mass is 32.1. The van der Waals surface area contributed by atoms with Crippen molar-refractivity contribution in [3.63, 3.8) is 0 Å². The fraction of sp³-hybridized carbons (Fsp3) is 0. The molecule has 0 atom stereocenters. The smallest absolute Gasteiger partial charge is 0.0701 e. The molecule has 0 aliphatic carbocycles. The van der Waals surface area contributed by atoms with Crippen molar-refractivity contribution in [3.8, 4) is 0 Å². The molecule has 1 heterocycles. The molecule has 2 heteroatoms. The summed E-state index contributed by atoms with van der Waals surface area (Å²) in [6.07, 6.45) is 1.81. The molecule has 0 aliphatic heterocycles. The Morgan fingerprint density at radius 2 is 1.64 bits per heavy atom. The van der Waals surface area contributed by atoms with Crippen LogP contribution in [0.1, 0.15) is 0 Å². The number of rotatable bonds is 0. The molecule has 0 amide bonds. The van der Waals surface area contributed by atoms with Crippen LogP contribution in [0.2, 0.25) is 0 Å². The molecule has 0 radical (unpaired) electrons. The molecule has 2 rings (SSSR count). The summed E-state index contributed by atoms with van der Waals surface area (Å²) < 4.78 is 0. The summed E-state index contributed by atoms with van der Waals surface area (Å²) in [5.41, 5.74) is 1.06. The van der Waals surface area contributed by atoms with Gasteiger partial charge in [-0.2, -0.15) is 13.5 Å². The number of hydrogen-bond donors (Lipinski definition) is 0. The van der Waals surface area contributed by atoms with Gasteiger partial charge in [-0.05, 0) is 12.1 Å². The SMILES string of the molecule is S.c1ccc2ncccc2c1. The van der Waals surface area contributed by atoms with Gasteiger partial charge in [0.05, 0.1) is 5.52 Å². The molecular formula is C9H9NS. The maximum absolute atomic E-state index is 4.18. The van der Waals surface area contributed by atoms with E-state index in [0.29, 0.717) is 0 Å². The van der Waals surface area contributed by atoms with Gasteiger partial charge in [0.1, 0.15) is 0 Å². The molecule has 0 saturated heterocycles. The van der Waals surface area contributed by atoms with Gasteiger partial charge in [-0.1, -0.05) is 24.3 Å². The normalized spacial score (nSPS) is 9.09. The summed E-state index contributed by atoms with van der Waals surface area (Å²) in [6, 6.07) is 12.1. The van der Waals surface area contributed by atoms with Crippen LogP contribution < -0.4 is 0 Å². The number of hydrogen-bond acceptors (Lipinski definition) is 1. The Labute approximate surface area is 72.5 Å². The predicted molar refractivity (Wildman–Crippen MR) is 52.1 cm³/mol. The molecule has 2 aromatic rings. The molecule has 0 aliphatic rings. The molecule has 0 fully saturated rings. The third-order valence-corrected chi connectivity index (χ3v) is 1.51. The van der Waals surface area contributed by atoms with Crippen LogP contribution in [0.4, 0.5) is 0 Å². The van der Waals surface area contributed by atoms with Crippen LogP contribution in [0.25, 0.3) is 10.9 Å². The highest BCUT2D eigenvalue weighted by Gasteiger charge is 1.86. The van der Waals surface area contributed by atoms with Gasteiger partial charge in [-0.15, -0.1) is 0 Å². The summed E-state index contributed by atoms with van der Waals surface area (Å²) >= 11 is 0. The minimum absolute atomic E-state index is 0. The number of para-hydroxylation sites is 1. The van der Waals surface area contributed by atoms with Gasteiger partial charge >= 0.3 is 0 Å². The Balaban J connectivity index is 0.000000605. The highest BCUT2D eigenvalue weighted by molar-refractivity contribution is 7.59. The van der Waals surface area contributed by atoms with E-state index in [-0.39, 0.29) is 13.5 Å².